The van der Waals surface area contributed by atoms with Gasteiger partial charge in [-0.1, -0.05) is 35.5 Å². The Kier molecular flexibility index (Phi) is 6.99. The van der Waals surface area contributed by atoms with Crippen molar-refractivity contribution in [3.05, 3.63) is 64.2 Å². The number of nitrogens with one attached hydrogen (secondary N) is 1. The van der Waals surface area contributed by atoms with Gasteiger partial charge in [-0.3, -0.25) is 4.79 Å². The molecule has 1 N–H and O–H groups in total. The van der Waals surface area contributed by atoms with Crippen LogP contribution in [-0.2, 0) is 11.8 Å². The fourth-order valence-corrected chi connectivity index (χ4v) is 3.70. The van der Waals surface area contributed by atoms with Crippen molar-refractivity contribution in [2.45, 2.75) is 32.0 Å². The van der Waals surface area contributed by atoms with Gasteiger partial charge in [-0.15, -0.1) is 10.2 Å². The quantitative estimate of drug-likeness (QED) is 0.509. The third kappa shape index (κ3) is 5.12. The van der Waals surface area contributed by atoms with Crippen molar-refractivity contribution in [2.24, 2.45) is 7.05 Å². The average Bonchev–Trinajstić information content (AvgIpc) is 3.07. The fraction of sp³-hybridized carbons (Fsp3) is 0.286. The molecule has 6 nitrogen and oxygen atoms in total. The smallest absolute Gasteiger partial charge is 0.234 e. The van der Waals surface area contributed by atoms with Crippen LogP contribution in [0.3, 0.4) is 0 Å². The van der Waals surface area contributed by atoms with Gasteiger partial charge in [0.15, 0.2) is 17.1 Å². The van der Waals surface area contributed by atoms with Crippen molar-refractivity contribution in [1.82, 2.24) is 14.8 Å². The van der Waals surface area contributed by atoms with E-state index in [1.165, 1.54) is 30.0 Å². The van der Waals surface area contributed by atoms with Crippen LogP contribution in [0.1, 0.15) is 30.0 Å². The molecule has 0 fully saturated rings. The molecule has 158 valence electrons. The molecule has 30 heavy (non-hydrogen) atoms. The van der Waals surface area contributed by atoms with Crippen LogP contribution in [0.15, 0.2) is 41.6 Å². The molecule has 0 spiro atoms. The van der Waals surface area contributed by atoms with Crippen molar-refractivity contribution in [2.75, 3.05) is 11.1 Å². The van der Waals surface area contributed by atoms with Gasteiger partial charge < -0.3 is 14.6 Å². The lowest BCUT2D eigenvalue weighted by Crippen LogP contribution is -2.15. The van der Waals surface area contributed by atoms with Crippen LogP contribution in [0.25, 0.3) is 0 Å². The molecule has 1 atom stereocenters. The molecule has 0 aliphatic heterocycles. The molecule has 0 bridgehead atoms. The molecule has 9 heteroatoms. The summed E-state index contributed by atoms with van der Waals surface area (Å²) in [5.74, 6) is 0.786. The molecule has 0 radical (unpaired) electrons. The second-order valence-electron chi connectivity index (χ2n) is 6.82. The summed E-state index contributed by atoms with van der Waals surface area (Å²) in [6.07, 6.45) is -0.312. The predicted molar refractivity (Wildman–Crippen MR) is 117 cm³/mol. The van der Waals surface area contributed by atoms with E-state index in [2.05, 4.69) is 15.5 Å². The zero-order valence-electron chi connectivity index (χ0n) is 17.1. The van der Waals surface area contributed by atoms with E-state index >= 15 is 0 Å². The van der Waals surface area contributed by atoms with E-state index in [-0.39, 0.29) is 22.8 Å². The van der Waals surface area contributed by atoms with Crippen LogP contribution in [0.4, 0.5) is 10.1 Å². The summed E-state index contributed by atoms with van der Waals surface area (Å²) < 4.78 is 21.1. The molecule has 0 aliphatic carbocycles. The Bertz CT molecular complexity index is 1070. The number of rotatable bonds is 7. The van der Waals surface area contributed by atoms with Crippen molar-refractivity contribution in [3.8, 4) is 5.75 Å². The standard InChI is InChI=1S/C21H22ClFN4O2S/c1-12-6-5-7-18(13(12)2)29-14(3)20-25-26-21(27(20)4)30-11-19(28)24-15-8-9-17(23)16(22)10-15/h5-10,14H,11H2,1-4H3,(H,24,28). The van der Waals surface area contributed by atoms with Crippen molar-refractivity contribution < 1.29 is 13.9 Å². The second-order valence-corrected chi connectivity index (χ2v) is 8.17. The van der Waals surface area contributed by atoms with Crippen LogP contribution in [-0.4, -0.2) is 26.4 Å². The van der Waals surface area contributed by atoms with E-state index in [4.69, 9.17) is 16.3 Å². The van der Waals surface area contributed by atoms with Gasteiger partial charge in [0.2, 0.25) is 5.91 Å². The highest BCUT2D eigenvalue weighted by Gasteiger charge is 2.19. The highest BCUT2D eigenvalue weighted by molar-refractivity contribution is 7.99. The van der Waals surface area contributed by atoms with Gasteiger partial charge >= 0.3 is 0 Å². The van der Waals surface area contributed by atoms with E-state index in [1.807, 2.05) is 50.6 Å². The van der Waals surface area contributed by atoms with Gasteiger partial charge in [0, 0.05) is 12.7 Å². The lowest BCUT2D eigenvalue weighted by atomic mass is 10.1. The van der Waals surface area contributed by atoms with E-state index < -0.39 is 5.82 Å². The summed E-state index contributed by atoms with van der Waals surface area (Å²) in [5.41, 5.74) is 2.67. The number of carbonyl (C=O) groups excluding carboxylic acids is 1. The molecule has 1 amide bonds. The van der Waals surface area contributed by atoms with Crippen LogP contribution in [0, 0.1) is 19.7 Å². The molecule has 0 saturated carbocycles. The summed E-state index contributed by atoms with van der Waals surface area (Å²) >= 11 is 6.98. The Morgan fingerprint density at radius 2 is 2.07 bits per heavy atom. The Balaban J connectivity index is 1.61. The first-order chi connectivity index (χ1) is 14.3. The number of halogens is 2. The van der Waals surface area contributed by atoms with E-state index in [0.717, 1.165) is 16.9 Å². The Labute approximate surface area is 183 Å². The fourth-order valence-electron chi connectivity index (χ4n) is 2.80. The van der Waals surface area contributed by atoms with Gasteiger partial charge in [0.05, 0.1) is 10.8 Å². The number of hydrogen-bond acceptors (Lipinski definition) is 5. The second kappa shape index (κ2) is 9.49. The number of anilines is 1. The molecule has 1 heterocycles. The molecule has 0 aliphatic rings. The Hall–Kier alpha value is -2.58. The van der Waals surface area contributed by atoms with Gasteiger partial charge in [-0.2, -0.15) is 0 Å². The SMILES string of the molecule is Cc1cccc(OC(C)c2nnc(SCC(=O)Nc3ccc(F)c(Cl)c3)n2C)c1C. The van der Waals surface area contributed by atoms with Gasteiger partial charge in [0.25, 0.3) is 0 Å². The van der Waals surface area contributed by atoms with Crippen molar-refractivity contribution in [1.29, 1.82) is 0 Å². The minimum absolute atomic E-state index is 0.0452. The van der Waals surface area contributed by atoms with Crippen LogP contribution >= 0.6 is 23.4 Å². The number of aryl methyl sites for hydroxylation is 1. The summed E-state index contributed by atoms with van der Waals surface area (Å²) in [4.78, 5) is 12.2. The van der Waals surface area contributed by atoms with E-state index in [0.29, 0.717) is 16.7 Å². The van der Waals surface area contributed by atoms with Gasteiger partial charge in [-0.25, -0.2) is 4.39 Å². The molecular formula is C21H22ClFN4O2S. The van der Waals surface area contributed by atoms with E-state index in [1.54, 1.807) is 0 Å². The summed E-state index contributed by atoms with van der Waals surface area (Å²) in [5, 5.41) is 11.6. The summed E-state index contributed by atoms with van der Waals surface area (Å²) in [6, 6.07) is 9.95. The highest BCUT2D eigenvalue weighted by atomic mass is 35.5. The number of thioether (sulfide) groups is 1. The highest BCUT2D eigenvalue weighted by Crippen LogP contribution is 2.27. The number of aromatic nitrogens is 3. The number of hydrogen-bond donors (Lipinski definition) is 1. The maximum atomic E-state index is 13.2. The number of amides is 1. The minimum atomic E-state index is -0.534. The van der Waals surface area contributed by atoms with Crippen LogP contribution in [0.5, 0.6) is 5.75 Å². The third-order valence-electron chi connectivity index (χ3n) is 4.63. The summed E-state index contributed by atoms with van der Waals surface area (Å²) in [7, 11) is 1.83. The molecule has 0 saturated heterocycles. The zero-order chi connectivity index (χ0) is 21.8. The van der Waals surface area contributed by atoms with Crippen LogP contribution < -0.4 is 10.1 Å². The normalized spacial score (nSPS) is 11.9. The molecule has 3 rings (SSSR count). The molecule has 2 aromatic carbocycles. The topological polar surface area (TPSA) is 69.0 Å². The maximum Gasteiger partial charge on any atom is 0.234 e. The number of benzene rings is 2. The number of ether oxygens (including phenoxy) is 1. The largest absolute Gasteiger partial charge is 0.482 e. The van der Waals surface area contributed by atoms with Crippen molar-refractivity contribution >= 4 is 35.0 Å². The van der Waals surface area contributed by atoms with E-state index in [9.17, 15) is 9.18 Å². The lowest BCUT2D eigenvalue weighted by Gasteiger charge is -2.16. The average molecular weight is 449 g/mol. The molecular weight excluding hydrogens is 427 g/mol. The van der Waals surface area contributed by atoms with Crippen LogP contribution in [0.2, 0.25) is 5.02 Å². The summed E-state index contributed by atoms with van der Waals surface area (Å²) in [6.45, 7) is 5.96. The number of nitrogens with zero attached hydrogens (tertiary/aromatic N) is 3. The zero-order valence-corrected chi connectivity index (χ0v) is 18.6. The first kappa shape index (κ1) is 22.1. The third-order valence-corrected chi connectivity index (χ3v) is 5.94. The number of carbonyl (C=O) groups is 1. The van der Waals surface area contributed by atoms with Gasteiger partial charge in [0.1, 0.15) is 11.6 Å². The minimum Gasteiger partial charge on any atom is -0.482 e. The molecule has 1 unspecified atom stereocenters. The monoisotopic (exact) mass is 448 g/mol. The predicted octanol–water partition coefficient (Wildman–Crippen LogP) is 5.10. The molecule has 1 aromatic heterocycles. The molecule has 3 aromatic rings. The Morgan fingerprint density at radius 1 is 1.30 bits per heavy atom. The van der Waals surface area contributed by atoms with Gasteiger partial charge in [-0.05, 0) is 56.2 Å². The Morgan fingerprint density at radius 3 is 2.80 bits per heavy atom. The lowest BCUT2D eigenvalue weighted by molar-refractivity contribution is -0.113. The first-order valence-corrected chi connectivity index (χ1v) is 10.6. The maximum absolute atomic E-state index is 13.2. The first-order valence-electron chi connectivity index (χ1n) is 9.26. The van der Waals surface area contributed by atoms with Crippen molar-refractivity contribution in [3.63, 3.8) is 0 Å².